The number of carbonyl (C=O) groups excluding carboxylic acids is 1. The highest BCUT2D eigenvalue weighted by Crippen LogP contribution is 2.73. The topological polar surface area (TPSA) is 17.1 Å². The van der Waals surface area contributed by atoms with Gasteiger partial charge in [0.15, 0.2) is 5.78 Å². The number of fused-ring (bicyclic) bond motifs is 7. The van der Waals surface area contributed by atoms with Crippen molar-refractivity contribution >= 4 is 5.78 Å². The third-order valence-corrected chi connectivity index (χ3v) is 9.01. The van der Waals surface area contributed by atoms with Crippen LogP contribution in [0.1, 0.15) is 71.6 Å². The van der Waals surface area contributed by atoms with Crippen LogP contribution in [0.15, 0.2) is 11.6 Å². The zero-order valence-corrected chi connectivity index (χ0v) is 14.9. The van der Waals surface area contributed by atoms with E-state index in [0.29, 0.717) is 11.2 Å². The van der Waals surface area contributed by atoms with E-state index in [1.807, 2.05) is 0 Å². The van der Waals surface area contributed by atoms with Crippen LogP contribution in [0.4, 0.5) is 0 Å². The van der Waals surface area contributed by atoms with Crippen LogP contribution in [0.3, 0.4) is 0 Å². The Labute approximate surface area is 141 Å². The minimum atomic E-state index is 0.409. The number of rotatable bonds is 2. The summed E-state index contributed by atoms with van der Waals surface area (Å²) in [6.07, 6.45) is 14.1. The van der Waals surface area contributed by atoms with Crippen molar-refractivity contribution in [2.45, 2.75) is 71.6 Å². The predicted molar refractivity (Wildman–Crippen MR) is 92.9 cm³/mol. The van der Waals surface area contributed by atoms with Gasteiger partial charge in [-0.15, -0.1) is 0 Å². The highest BCUT2D eigenvalue weighted by atomic mass is 16.1. The maximum absolute atomic E-state index is 11.9. The summed E-state index contributed by atoms with van der Waals surface area (Å²) in [7, 11) is 0. The molecule has 0 bridgehead atoms. The summed E-state index contributed by atoms with van der Waals surface area (Å²) in [6.45, 7) is 4.89. The molecule has 8 atom stereocenters. The molecule has 4 saturated carbocycles. The van der Waals surface area contributed by atoms with Crippen molar-refractivity contribution in [2.24, 2.45) is 46.8 Å². The van der Waals surface area contributed by atoms with Crippen LogP contribution in [-0.4, -0.2) is 5.78 Å². The Balaban J connectivity index is 1.54. The van der Waals surface area contributed by atoms with E-state index >= 15 is 0 Å². The Kier molecular flexibility index (Phi) is 3.18. The van der Waals surface area contributed by atoms with Crippen molar-refractivity contribution in [3.05, 3.63) is 11.6 Å². The molecule has 0 radical (unpaired) electrons. The minimum absolute atomic E-state index is 0.409. The lowest BCUT2D eigenvalue weighted by Crippen LogP contribution is -2.50. The molecule has 126 valence electrons. The Morgan fingerprint density at radius 1 is 1.22 bits per heavy atom. The monoisotopic (exact) mass is 312 g/mol. The molecule has 23 heavy (non-hydrogen) atoms. The minimum Gasteiger partial charge on any atom is -0.295 e. The van der Waals surface area contributed by atoms with Crippen molar-refractivity contribution in [3.63, 3.8) is 0 Å². The lowest BCUT2D eigenvalue weighted by Gasteiger charge is -2.57. The third kappa shape index (κ3) is 1.94. The van der Waals surface area contributed by atoms with Gasteiger partial charge in [-0.1, -0.05) is 32.3 Å². The van der Waals surface area contributed by atoms with Gasteiger partial charge in [0, 0.05) is 6.42 Å². The average molecular weight is 312 g/mol. The second kappa shape index (κ2) is 4.96. The molecule has 4 fully saturated rings. The summed E-state index contributed by atoms with van der Waals surface area (Å²) >= 11 is 0. The van der Waals surface area contributed by atoms with Crippen LogP contribution in [0.2, 0.25) is 0 Å². The van der Waals surface area contributed by atoms with Crippen molar-refractivity contribution in [1.82, 2.24) is 0 Å². The largest absolute Gasteiger partial charge is 0.295 e. The van der Waals surface area contributed by atoms with E-state index in [9.17, 15) is 4.79 Å². The maximum Gasteiger partial charge on any atom is 0.155 e. The molecule has 1 nitrogen and oxygen atoms in total. The maximum atomic E-state index is 11.9. The van der Waals surface area contributed by atoms with E-state index in [-0.39, 0.29) is 0 Å². The van der Waals surface area contributed by atoms with Crippen LogP contribution < -0.4 is 0 Å². The van der Waals surface area contributed by atoms with Gasteiger partial charge in [0.05, 0.1) is 0 Å². The molecule has 5 aliphatic rings. The number of hydrogen-bond donors (Lipinski definition) is 0. The Morgan fingerprint density at radius 3 is 2.87 bits per heavy atom. The molecule has 0 aliphatic heterocycles. The van der Waals surface area contributed by atoms with Crippen molar-refractivity contribution in [3.8, 4) is 0 Å². The van der Waals surface area contributed by atoms with Gasteiger partial charge >= 0.3 is 0 Å². The number of hydrogen-bond acceptors (Lipinski definition) is 1. The molecular formula is C22H32O. The molecule has 0 aromatic carbocycles. The van der Waals surface area contributed by atoms with Gasteiger partial charge in [-0.05, 0) is 91.4 Å². The lowest BCUT2D eigenvalue weighted by atomic mass is 9.47. The Hall–Kier alpha value is -0.590. The van der Waals surface area contributed by atoms with Crippen LogP contribution in [0, 0.1) is 46.8 Å². The summed E-state index contributed by atoms with van der Waals surface area (Å²) in [4.78, 5) is 11.9. The van der Waals surface area contributed by atoms with Gasteiger partial charge in [-0.2, -0.15) is 0 Å². The second-order valence-corrected chi connectivity index (χ2v) is 9.59. The van der Waals surface area contributed by atoms with E-state index in [1.165, 1.54) is 38.5 Å². The zero-order chi connectivity index (χ0) is 15.8. The predicted octanol–water partition coefficient (Wildman–Crippen LogP) is 5.40. The molecule has 8 unspecified atom stereocenters. The van der Waals surface area contributed by atoms with Gasteiger partial charge in [0.2, 0.25) is 0 Å². The smallest absolute Gasteiger partial charge is 0.155 e. The van der Waals surface area contributed by atoms with Crippen LogP contribution >= 0.6 is 0 Å². The highest BCUT2D eigenvalue weighted by molar-refractivity contribution is 5.91. The number of ketones is 1. The molecule has 5 aliphatic carbocycles. The van der Waals surface area contributed by atoms with Gasteiger partial charge in [-0.3, -0.25) is 4.79 Å². The van der Waals surface area contributed by atoms with Crippen molar-refractivity contribution in [2.75, 3.05) is 0 Å². The molecule has 0 spiro atoms. The summed E-state index contributed by atoms with van der Waals surface area (Å²) in [5, 5.41) is 0. The summed E-state index contributed by atoms with van der Waals surface area (Å²) < 4.78 is 0. The zero-order valence-electron chi connectivity index (χ0n) is 14.9. The second-order valence-electron chi connectivity index (χ2n) is 9.59. The van der Waals surface area contributed by atoms with Crippen LogP contribution in [-0.2, 0) is 4.79 Å². The first-order chi connectivity index (χ1) is 11.2. The average Bonchev–Trinajstić information content (AvgIpc) is 3.24. The normalized spacial score (nSPS) is 53.7. The van der Waals surface area contributed by atoms with Gasteiger partial charge in [-0.25, -0.2) is 0 Å². The lowest BCUT2D eigenvalue weighted by molar-refractivity contribution is -0.116. The van der Waals surface area contributed by atoms with Crippen molar-refractivity contribution < 1.29 is 4.79 Å². The molecule has 5 rings (SSSR count). The molecule has 0 aromatic rings. The molecule has 0 N–H and O–H groups in total. The first kappa shape index (κ1) is 14.7. The quantitative estimate of drug-likeness (QED) is 0.667. The fourth-order valence-electron chi connectivity index (χ4n) is 8.03. The first-order valence-corrected chi connectivity index (χ1v) is 10.4. The van der Waals surface area contributed by atoms with Crippen LogP contribution in [0.25, 0.3) is 0 Å². The molecule has 0 aromatic heterocycles. The first-order valence-electron chi connectivity index (χ1n) is 10.4. The molecule has 1 heteroatoms. The fraction of sp³-hybridized carbons (Fsp3) is 0.864. The number of allylic oxidation sites excluding steroid dienone is 1. The van der Waals surface area contributed by atoms with E-state index in [1.54, 1.807) is 18.4 Å². The Morgan fingerprint density at radius 2 is 2.09 bits per heavy atom. The summed E-state index contributed by atoms with van der Waals surface area (Å²) in [5.41, 5.74) is 2.28. The van der Waals surface area contributed by atoms with Gasteiger partial charge in [0.1, 0.15) is 0 Å². The molecular weight excluding hydrogens is 280 g/mol. The van der Waals surface area contributed by atoms with Crippen LogP contribution in [0.5, 0.6) is 0 Å². The summed E-state index contributed by atoms with van der Waals surface area (Å²) in [5.74, 6) is 7.18. The van der Waals surface area contributed by atoms with E-state index in [0.717, 1.165) is 47.8 Å². The van der Waals surface area contributed by atoms with Gasteiger partial charge < -0.3 is 0 Å². The molecule has 0 heterocycles. The fourth-order valence-corrected chi connectivity index (χ4v) is 8.03. The third-order valence-electron chi connectivity index (χ3n) is 9.01. The SMILES string of the molecule is CCC1CC2=CC(=O)CCC2C2CCC3(CC)CC4CC4C3C12. The van der Waals surface area contributed by atoms with Crippen molar-refractivity contribution in [1.29, 1.82) is 0 Å². The van der Waals surface area contributed by atoms with Gasteiger partial charge in [0.25, 0.3) is 0 Å². The highest BCUT2D eigenvalue weighted by Gasteiger charge is 2.66. The Bertz CT molecular complexity index is 560. The molecule has 0 amide bonds. The number of carbonyl (C=O) groups is 1. The van der Waals surface area contributed by atoms with E-state index in [4.69, 9.17) is 0 Å². The standard InChI is InChI=1S/C22H32O/c1-3-13-9-14-10-16(23)5-6-17(14)18-7-8-22(4-2)12-15-11-19(15)21(22)20(13)18/h10,13,15,17-21H,3-9,11-12H2,1-2H3. The summed E-state index contributed by atoms with van der Waals surface area (Å²) in [6, 6.07) is 0. The molecule has 0 saturated heterocycles. The van der Waals surface area contributed by atoms with E-state index < -0.39 is 0 Å². The van der Waals surface area contributed by atoms with E-state index in [2.05, 4.69) is 19.9 Å².